The number of methoxy groups -OCH3 is 1. The van der Waals surface area contributed by atoms with E-state index in [0.29, 0.717) is 10.6 Å². The Hall–Kier alpha value is -1.85. The van der Waals surface area contributed by atoms with Gasteiger partial charge in [-0.25, -0.2) is 18.9 Å². The van der Waals surface area contributed by atoms with Crippen LogP contribution in [0.5, 0.6) is 0 Å². The largest absolute Gasteiger partial charge is 0.478 e. The second-order valence-corrected chi connectivity index (χ2v) is 11.2. The molecule has 0 aliphatic carbocycles. The smallest absolute Gasteiger partial charge is 0.469 e. The number of hydrogen-bond donors (Lipinski definition) is 1. The highest BCUT2D eigenvalue weighted by Gasteiger charge is 2.49. The van der Waals surface area contributed by atoms with Gasteiger partial charge in [0.2, 0.25) is 12.7 Å². The zero-order valence-electron chi connectivity index (χ0n) is 19.0. The minimum absolute atomic E-state index is 0.0237. The second-order valence-electron chi connectivity index (χ2n) is 8.77. The summed E-state index contributed by atoms with van der Waals surface area (Å²) in [5.74, 6) is -1.75. The molecule has 0 radical (unpaired) electrons. The van der Waals surface area contributed by atoms with Crippen molar-refractivity contribution >= 4 is 37.0 Å². The summed E-state index contributed by atoms with van der Waals surface area (Å²) in [5.41, 5.74) is 0.930. The number of rotatable bonds is 8. The van der Waals surface area contributed by atoms with E-state index < -0.39 is 44.0 Å². The number of esters is 2. The molecular weight excluding hydrogens is 463 g/mol. The van der Waals surface area contributed by atoms with Gasteiger partial charge in [-0.15, -0.1) is 11.3 Å². The van der Waals surface area contributed by atoms with Gasteiger partial charge in [0.05, 0.1) is 31.3 Å². The Bertz CT molecular complexity index is 894. The van der Waals surface area contributed by atoms with E-state index in [1.54, 1.807) is 19.4 Å². The van der Waals surface area contributed by atoms with Gasteiger partial charge in [0.15, 0.2) is 6.10 Å². The first-order valence-electron chi connectivity index (χ1n) is 9.82. The van der Waals surface area contributed by atoms with Gasteiger partial charge in [-0.1, -0.05) is 34.6 Å². The number of hydrogen-bond acceptors (Lipinski definition) is 11. The van der Waals surface area contributed by atoms with Crippen LogP contribution in [0.25, 0.3) is 0 Å². The van der Waals surface area contributed by atoms with Crippen molar-refractivity contribution in [1.29, 1.82) is 0 Å². The van der Waals surface area contributed by atoms with Crippen molar-refractivity contribution in [1.82, 2.24) is 10.3 Å². The van der Waals surface area contributed by atoms with Crippen LogP contribution >= 0.6 is 19.2 Å². The predicted molar refractivity (Wildman–Crippen MR) is 114 cm³/mol. The Balaban J connectivity index is 1.95. The van der Waals surface area contributed by atoms with Crippen LogP contribution in [0, 0.1) is 5.41 Å². The second kappa shape index (κ2) is 10.4. The first kappa shape index (κ1) is 26.4. The van der Waals surface area contributed by atoms with E-state index in [0.717, 1.165) is 11.3 Å². The fraction of sp³-hybridized carbons (Fsp3) is 0.684. The topological polar surface area (TPSA) is 139 Å². The standard InChI is InChI=1S/C19H29N2O9PS/c1-18(2,3)14-13(32-10-21-14)17(24)27-11-29-31(25)28-9-19(4,5)15(30-31)16(23)20-8-7-12(22)26-6/h10,15H,7-9,11H2,1-6H3,(H,20,23)/t15-,31-/m0/s1. The van der Waals surface area contributed by atoms with Crippen LogP contribution in [0.4, 0.5) is 0 Å². The molecule has 0 unspecified atom stereocenters. The van der Waals surface area contributed by atoms with E-state index in [4.69, 9.17) is 18.3 Å². The molecule has 1 amide bonds. The number of nitrogens with one attached hydrogen (secondary N) is 1. The highest BCUT2D eigenvalue weighted by molar-refractivity contribution is 7.48. The van der Waals surface area contributed by atoms with Gasteiger partial charge in [-0.3, -0.25) is 18.6 Å². The fourth-order valence-electron chi connectivity index (χ4n) is 2.71. The quantitative estimate of drug-likeness (QED) is 0.327. The van der Waals surface area contributed by atoms with Crippen LogP contribution in [0.1, 0.15) is 56.4 Å². The van der Waals surface area contributed by atoms with Gasteiger partial charge in [-0.05, 0) is 0 Å². The van der Waals surface area contributed by atoms with Gasteiger partial charge >= 0.3 is 19.8 Å². The van der Waals surface area contributed by atoms with Crippen LogP contribution < -0.4 is 5.32 Å². The number of amides is 1. The zero-order valence-corrected chi connectivity index (χ0v) is 20.7. The lowest BCUT2D eigenvalue weighted by atomic mass is 9.87. The van der Waals surface area contributed by atoms with E-state index in [2.05, 4.69) is 15.0 Å². The van der Waals surface area contributed by atoms with Crippen molar-refractivity contribution in [3.63, 3.8) is 0 Å². The molecule has 13 heteroatoms. The molecule has 1 N–H and O–H groups in total. The average molecular weight is 492 g/mol. The highest BCUT2D eigenvalue weighted by atomic mass is 32.1. The molecule has 2 heterocycles. The molecule has 1 aromatic rings. The average Bonchev–Trinajstić information content (AvgIpc) is 3.20. The Morgan fingerprint density at radius 1 is 1.34 bits per heavy atom. The van der Waals surface area contributed by atoms with Crippen LogP contribution in [-0.4, -0.2) is 56.0 Å². The van der Waals surface area contributed by atoms with Crippen molar-refractivity contribution in [2.24, 2.45) is 5.41 Å². The van der Waals surface area contributed by atoms with Crippen molar-refractivity contribution in [2.45, 2.75) is 52.6 Å². The number of phosphoric ester groups is 1. The molecule has 0 aromatic carbocycles. The SMILES string of the molecule is COC(=O)CCNC(=O)[C@@H]1O[P@](=O)(OCOC(=O)c2scnc2C(C)(C)C)OCC1(C)C. The van der Waals surface area contributed by atoms with E-state index in [1.807, 2.05) is 20.8 Å². The maximum atomic E-state index is 12.8. The van der Waals surface area contributed by atoms with Crippen molar-refractivity contribution < 1.29 is 42.0 Å². The summed E-state index contributed by atoms with van der Waals surface area (Å²) in [5, 5.41) is 2.54. The summed E-state index contributed by atoms with van der Waals surface area (Å²) in [6.45, 7) is 8.35. The molecule has 1 aliphatic heterocycles. The first-order chi connectivity index (χ1) is 14.8. The molecule has 0 spiro atoms. The Labute approximate surface area is 190 Å². The molecule has 180 valence electrons. The summed E-state index contributed by atoms with van der Waals surface area (Å²) in [4.78, 5) is 40.6. The number of ether oxygens (including phenoxy) is 2. The van der Waals surface area contributed by atoms with Gasteiger partial charge in [0.1, 0.15) is 4.88 Å². The molecule has 2 rings (SSSR count). The van der Waals surface area contributed by atoms with Crippen LogP contribution in [0.3, 0.4) is 0 Å². The Kier molecular flexibility index (Phi) is 8.57. The summed E-state index contributed by atoms with van der Waals surface area (Å²) in [7, 11) is -2.94. The number of phosphoric acid groups is 1. The molecule has 1 saturated heterocycles. The third-order valence-electron chi connectivity index (χ3n) is 4.50. The van der Waals surface area contributed by atoms with Crippen molar-refractivity contribution in [3.8, 4) is 0 Å². The van der Waals surface area contributed by atoms with Gasteiger partial charge in [0.25, 0.3) is 0 Å². The Morgan fingerprint density at radius 2 is 2.03 bits per heavy atom. The molecule has 11 nitrogen and oxygen atoms in total. The predicted octanol–water partition coefficient (Wildman–Crippen LogP) is 2.80. The lowest BCUT2D eigenvalue weighted by molar-refractivity contribution is -0.144. The van der Waals surface area contributed by atoms with Gasteiger partial charge in [-0.2, -0.15) is 0 Å². The van der Waals surface area contributed by atoms with Crippen LogP contribution in [-0.2, 0) is 42.6 Å². The normalized spacial score (nSPS) is 22.8. The lowest BCUT2D eigenvalue weighted by Gasteiger charge is -2.39. The molecule has 1 fully saturated rings. The highest BCUT2D eigenvalue weighted by Crippen LogP contribution is 2.57. The van der Waals surface area contributed by atoms with E-state index in [1.165, 1.54) is 7.11 Å². The molecule has 2 atom stereocenters. The minimum atomic E-state index is -4.18. The summed E-state index contributed by atoms with van der Waals surface area (Å²) in [6.07, 6.45) is -1.20. The molecule has 32 heavy (non-hydrogen) atoms. The number of nitrogens with zero attached hydrogens (tertiary/aromatic N) is 1. The molecular formula is C19H29N2O9PS. The minimum Gasteiger partial charge on any atom is -0.469 e. The van der Waals surface area contributed by atoms with E-state index in [-0.39, 0.29) is 25.0 Å². The Morgan fingerprint density at radius 3 is 2.66 bits per heavy atom. The van der Waals surface area contributed by atoms with Gasteiger partial charge < -0.3 is 14.8 Å². The number of carbonyl (C=O) groups is 3. The van der Waals surface area contributed by atoms with E-state index in [9.17, 15) is 18.9 Å². The van der Waals surface area contributed by atoms with Crippen molar-refractivity contribution in [3.05, 3.63) is 16.1 Å². The monoisotopic (exact) mass is 492 g/mol. The van der Waals surface area contributed by atoms with Crippen LogP contribution in [0.15, 0.2) is 5.51 Å². The third-order valence-corrected chi connectivity index (χ3v) is 6.64. The lowest BCUT2D eigenvalue weighted by Crippen LogP contribution is -2.50. The van der Waals surface area contributed by atoms with Crippen molar-refractivity contribution in [2.75, 3.05) is 27.1 Å². The number of carbonyl (C=O) groups excluding carboxylic acids is 3. The number of aromatic nitrogens is 1. The molecule has 0 bridgehead atoms. The number of thiazole rings is 1. The van der Waals surface area contributed by atoms with Gasteiger partial charge in [0, 0.05) is 17.4 Å². The molecule has 1 aromatic heterocycles. The molecule has 1 aliphatic rings. The zero-order chi connectivity index (χ0) is 24.2. The summed E-state index contributed by atoms with van der Waals surface area (Å²) >= 11 is 1.13. The van der Waals surface area contributed by atoms with Crippen LogP contribution in [0.2, 0.25) is 0 Å². The maximum Gasteiger partial charge on any atom is 0.478 e. The maximum absolute atomic E-state index is 12.8. The van der Waals surface area contributed by atoms with E-state index >= 15 is 0 Å². The summed E-state index contributed by atoms with van der Waals surface area (Å²) in [6, 6.07) is 0. The molecule has 0 saturated carbocycles. The summed E-state index contributed by atoms with van der Waals surface area (Å²) < 4.78 is 38.1. The first-order valence-corrected chi connectivity index (χ1v) is 12.2. The fourth-order valence-corrected chi connectivity index (χ4v) is 5.11. The third kappa shape index (κ3) is 6.82.